The Balaban J connectivity index is 1.60. The number of fused-ring (bicyclic) bond motifs is 1. The number of hydrazine groups is 1. The molecule has 1 aliphatic carbocycles. The van der Waals surface area contributed by atoms with Gasteiger partial charge in [-0.1, -0.05) is 0 Å². The topological polar surface area (TPSA) is 85.3 Å². The first-order valence-corrected chi connectivity index (χ1v) is 8.83. The summed E-state index contributed by atoms with van der Waals surface area (Å²) in [6.07, 6.45) is 7.26. The van der Waals surface area contributed by atoms with Crippen LogP contribution in [-0.2, 0) is 0 Å². The molecule has 132 valence electrons. The predicted molar refractivity (Wildman–Crippen MR) is 98.6 cm³/mol. The van der Waals surface area contributed by atoms with Gasteiger partial charge in [0, 0.05) is 35.6 Å². The summed E-state index contributed by atoms with van der Waals surface area (Å²) in [4.78, 5) is 9.27. The number of rotatable bonds is 4. The van der Waals surface area contributed by atoms with Crippen LogP contribution in [0.15, 0.2) is 36.3 Å². The molecular weight excluding hydrogens is 316 g/mol. The molecule has 2 aromatic rings. The Morgan fingerprint density at radius 1 is 1.28 bits per heavy atom. The van der Waals surface area contributed by atoms with Crippen LogP contribution >= 0.6 is 0 Å². The molecule has 0 aromatic carbocycles. The summed E-state index contributed by atoms with van der Waals surface area (Å²) in [6, 6.07) is 6.28. The van der Waals surface area contributed by atoms with Crippen LogP contribution in [0.3, 0.4) is 0 Å². The van der Waals surface area contributed by atoms with Crippen LogP contribution in [0.5, 0.6) is 0 Å². The van der Waals surface area contributed by atoms with Crippen LogP contribution in [0.4, 0.5) is 11.6 Å². The van der Waals surface area contributed by atoms with Gasteiger partial charge in [0.25, 0.3) is 0 Å². The third-order valence-corrected chi connectivity index (χ3v) is 4.77. The van der Waals surface area contributed by atoms with Crippen molar-refractivity contribution >= 4 is 22.5 Å². The standard InChI is InChI=1S/C18H24N6O/c1-12-10-24(11-20-12)23-17-9-16-15(3-2-8-19-16)18(22-17)21-13-4-6-14(25)7-5-13/h2-3,8-10,13-14,20,25H,4-7,11H2,1H3,(H2,21,22,23)/t13-,14-. The molecule has 7 nitrogen and oxygen atoms in total. The Morgan fingerprint density at radius 3 is 2.88 bits per heavy atom. The third kappa shape index (κ3) is 3.61. The van der Waals surface area contributed by atoms with Gasteiger partial charge in [-0.25, -0.2) is 4.98 Å². The third-order valence-electron chi connectivity index (χ3n) is 4.77. The zero-order valence-electron chi connectivity index (χ0n) is 14.4. The number of nitrogens with one attached hydrogen (secondary N) is 3. The Bertz CT molecular complexity index is 784. The van der Waals surface area contributed by atoms with Gasteiger partial charge in [-0.3, -0.25) is 15.4 Å². The fraction of sp³-hybridized carbons (Fsp3) is 0.444. The molecule has 7 heteroatoms. The zero-order chi connectivity index (χ0) is 17.2. The number of aromatic nitrogens is 2. The lowest BCUT2D eigenvalue weighted by Gasteiger charge is -2.27. The van der Waals surface area contributed by atoms with Gasteiger partial charge in [-0.2, -0.15) is 0 Å². The molecule has 25 heavy (non-hydrogen) atoms. The monoisotopic (exact) mass is 340 g/mol. The van der Waals surface area contributed by atoms with E-state index < -0.39 is 0 Å². The molecule has 2 aromatic heterocycles. The Morgan fingerprint density at radius 2 is 2.12 bits per heavy atom. The highest BCUT2D eigenvalue weighted by Crippen LogP contribution is 2.27. The predicted octanol–water partition coefficient (Wildman–Crippen LogP) is 2.40. The van der Waals surface area contributed by atoms with E-state index >= 15 is 0 Å². The number of allylic oxidation sites excluding steroid dienone is 1. The van der Waals surface area contributed by atoms with Crippen molar-refractivity contribution in [1.82, 2.24) is 20.3 Å². The van der Waals surface area contributed by atoms with Crippen molar-refractivity contribution in [3.05, 3.63) is 36.3 Å². The zero-order valence-corrected chi connectivity index (χ0v) is 14.4. The second-order valence-corrected chi connectivity index (χ2v) is 6.80. The number of nitrogens with zero attached hydrogens (tertiary/aromatic N) is 3. The van der Waals surface area contributed by atoms with E-state index in [1.165, 1.54) is 0 Å². The number of aliphatic hydroxyl groups excluding tert-OH is 1. The highest BCUT2D eigenvalue weighted by Gasteiger charge is 2.20. The van der Waals surface area contributed by atoms with E-state index in [1.54, 1.807) is 6.20 Å². The molecule has 0 unspecified atom stereocenters. The van der Waals surface area contributed by atoms with Crippen molar-refractivity contribution in [3.63, 3.8) is 0 Å². The van der Waals surface area contributed by atoms with Crippen molar-refractivity contribution in [2.45, 2.75) is 44.8 Å². The molecule has 3 heterocycles. The van der Waals surface area contributed by atoms with Gasteiger partial charge in [0.1, 0.15) is 18.3 Å². The fourth-order valence-electron chi connectivity index (χ4n) is 3.41. The average molecular weight is 340 g/mol. The molecule has 0 atom stereocenters. The van der Waals surface area contributed by atoms with Crippen LogP contribution in [0.2, 0.25) is 0 Å². The molecule has 0 spiro atoms. The van der Waals surface area contributed by atoms with Crippen LogP contribution in [0.25, 0.3) is 10.9 Å². The molecule has 1 aliphatic heterocycles. The molecule has 0 amide bonds. The first-order valence-electron chi connectivity index (χ1n) is 8.83. The molecule has 0 saturated heterocycles. The maximum absolute atomic E-state index is 9.71. The first-order chi connectivity index (χ1) is 12.2. The molecule has 0 bridgehead atoms. The lowest BCUT2D eigenvalue weighted by molar-refractivity contribution is 0.126. The first kappa shape index (κ1) is 16.0. The van der Waals surface area contributed by atoms with Crippen LogP contribution < -0.4 is 16.1 Å². The highest BCUT2D eigenvalue weighted by atomic mass is 16.3. The maximum Gasteiger partial charge on any atom is 0.149 e. The van der Waals surface area contributed by atoms with Gasteiger partial charge >= 0.3 is 0 Å². The Kier molecular flexibility index (Phi) is 4.31. The van der Waals surface area contributed by atoms with Gasteiger partial charge in [0.2, 0.25) is 0 Å². The SMILES string of the molecule is CC1=CN(Nc2cc3ncccc3c(N[C@H]3CC[C@H](O)CC3)n2)CN1. The molecule has 4 rings (SSSR count). The van der Waals surface area contributed by atoms with E-state index in [0.717, 1.165) is 53.9 Å². The van der Waals surface area contributed by atoms with Crippen molar-refractivity contribution in [2.24, 2.45) is 0 Å². The molecular formula is C18H24N6O. The lowest BCUT2D eigenvalue weighted by Crippen LogP contribution is -2.29. The van der Waals surface area contributed by atoms with Gasteiger partial charge in [0.05, 0.1) is 11.6 Å². The van der Waals surface area contributed by atoms with E-state index in [0.29, 0.717) is 12.7 Å². The average Bonchev–Trinajstić information content (AvgIpc) is 3.02. The minimum Gasteiger partial charge on any atom is -0.393 e. The van der Waals surface area contributed by atoms with Crippen molar-refractivity contribution < 1.29 is 5.11 Å². The quantitative estimate of drug-likeness (QED) is 0.680. The summed E-state index contributed by atoms with van der Waals surface area (Å²) in [5.74, 6) is 1.61. The van der Waals surface area contributed by atoms with Gasteiger partial charge in [0.15, 0.2) is 0 Å². The smallest absolute Gasteiger partial charge is 0.149 e. The summed E-state index contributed by atoms with van der Waals surface area (Å²) in [7, 11) is 0. The summed E-state index contributed by atoms with van der Waals surface area (Å²) < 4.78 is 0. The van der Waals surface area contributed by atoms with Gasteiger partial charge in [-0.15, -0.1) is 0 Å². The minimum absolute atomic E-state index is 0.157. The Labute approximate surface area is 147 Å². The van der Waals surface area contributed by atoms with Crippen LogP contribution in [0.1, 0.15) is 32.6 Å². The Hall–Kier alpha value is -2.54. The van der Waals surface area contributed by atoms with E-state index in [1.807, 2.05) is 36.3 Å². The normalized spacial score (nSPS) is 23.3. The maximum atomic E-state index is 9.71. The molecule has 0 radical (unpaired) electrons. The van der Waals surface area contributed by atoms with E-state index in [-0.39, 0.29) is 6.10 Å². The van der Waals surface area contributed by atoms with Crippen LogP contribution in [-0.4, -0.2) is 38.9 Å². The fourth-order valence-corrected chi connectivity index (χ4v) is 3.41. The molecule has 4 N–H and O–H groups in total. The van der Waals surface area contributed by atoms with Gasteiger partial charge in [-0.05, 0) is 44.7 Å². The van der Waals surface area contributed by atoms with E-state index in [9.17, 15) is 5.11 Å². The number of aliphatic hydroxyl groups is 1. The van der Waals surface area contributed by atoms with Crippen molar-refractivity contribution in [3.8, 4) is 0 Å². The largest absolute Gasteiger partial charge is 0.393 e. The number of anilines is 2. The lowest BCUT2D eigenvalue weighted by atomic mass is 9.93. The van der Waals surface area contributed by atoms with E-state index in [4.69, 9.17) is 4.98 Å². The molecule has 1 saturated carbocycles. The summed E-state index contributed by atoms with van der Waals surface area (Å²) in [5.41, 5.74) is 5.34. The second kappa shape index (κ2) is 6.76. The summed E-state index contributed by atoms with van der Waals surface area (Å²) >= 11 is 0. The molecule has 1 fully saturated rings. The molecule has 2 aliphatic rings. The number of pyridine rings is 2. The minimum atomic E-state index is -0.157. The van der Waals surface area contributed by atoms with E-state index in [2.05, 4.69) is 21.0 Å². The second-order valence-electron chi connectivity index (χ2n) is 6.80. The number of hydrogen-bond acceptors (Lipinski definition) is 7. The van der Waals surface area contributed by atoms with Gasteiger partial charge < -0.3 is 15.7 Å². The summed E-state index contributed by atoms with van der Waals surface area (Å²) in [5, 5.41) is 19.5. The van der Waals surface area contributed by atoms with Crippen molar-refractivity contribution in [1.29, 1.82) is 0 Å². The highest BCUT2D eigenvalue weighted by molar-refractivity contribution is 5.91. The summed E-state index contributed by atoms with van der Waals surface area (Å²) in [6.45, 7) is 2.73. The van der Waals surface area contributed by atoms with Crippen molar-refractivity contribution in [2.75, 3.05) is 17.4 Å². The number of hydrogen-bond donors (Lipinski definition) is 4. The van der Waals surface area contributed by atoms with Crippen LogP contribution in [0, 0.1) is 0 Å².